The summed E-state index contributed by atoms with van der Waals surface area (Å²) in [6.07, 6.45) is 0. The maximum Gasteiger partial charge on any atom is 0.266 e. The third-order valence-electron chi connectivity index (χ3n) is 3.03. The second-order valence-electron chi connectivity index (χ2n) is 4.34. The first-order valence-electron chi connectivity index (χ1n) is 5.88. The number of H-pyrrole nitrogens is 1. The van der Waals surface area contributed by atoms with Gasteiger partial charge < -0.3 is 4.98 Å². The van der Waals surface area contributed by atoms with E-state index in [-0.39, 0.29) is 10.5 Å². The molecular formula is C14H7F3N2OS. The van der Waals surface area contributed by atoms with Gasteiger partial charge in [0, 0.05) is 12.1 Å². The van der Waals surface area contributed by atoms with Gasteiger partial charge in [0.1, 0.15) is 0 Å². The molecule has 1 heterocycles. The Kier molecular flexibility index (Phi) is 3.13. The zero-order valence-corrected chi connectivity index (χ0v) is 11.2. The minimum absolute atomic E-state index is 0.0379. The van der Waals surface area contributed by atoms with Crippen LogP contribution in [0, 0.1) is 22.2 Å². The minimum atomic E-state index is -1.59. The van der Waals surface area contributed by atoms with E-state index >= 15 is 0 Å². The summed E-state index contributed by atoms with van der Waals surface area (Å²) < 4.78 is 40.5. The summed E-state index contributed by atoms with van der Waals surface area (Å²) in [5, 5.41) is 0.302. The molecule has 0 aliphatic carbocycles. The molecule has 0 spiro atoms. The molecule has 0 amide bonds. The Balaban J connectivity index is 2.41. The maximum atomic E-state index is 13.3. The lowest BCUT2D eigenvalue weighted by Crippen LogP contribution is -2.21. The molecule has 0 aliphatic heterocycles. The van der Waals surface area contributed by atoms with Crippen molar-refractivity contribution < 1.29 is 13.2 Å². The number of hydrogen-bond acceptors (Lipinski definition) is 2. The lowest BCUT2D eigenvalue weighted by Gasteiger charge is -2.09. The molecule has 0 saturated carbocycles. The van der Waals surface area contributed by atoms with E-state index in [4.69, 9.17) is 12.2 Å². The number of rotatable bonds is 1. The van der Waals surface area contributed by atoms with Gasteiger partial charge in [-0.3, -0.25) is 9.36 Å². The molecule has 1 aromatic heterocycles. The molecule has 3 nitrogen and oxygen atoms in total. The summed E-state index contributed by atoms with van der Waals surface area (Å²) in [6, 6.07) is 8.01. The molecule has 2 aromatic carbocycles. The van der Waals surface area contributed by atoms with Crippen LogP contribution < -0.4 is 5.56 Å². The largest absolute Gasteiger partial charge is 0.331 e. The van der Waals surface area contributed by atoms with Crippen LogP contribution in [0.3, 0.4) is 0 Å². The first-order valence-corrected chi connectivity index (χ1v) is 6.29. The highest BCUT2D eigenvalue weighted by molar-refractivity contribution is 7.71. The number of aromatic nitrogens is 2. The molecule has 1 N–H and O–H groups in total. The SMILES string of the molecule is O=c1c2ccccc2[nH]c(=S)n1-c1cc(F)c(F)c(F)c1. The Hall–Kier alpha value is -2.41. The van der Waals surface area contributed by atoms with Crippen LogP contribution in [0.4, 0.5) is 13.2 Å². The zero-order valence-electron chi connectivity index (χ0n) is 10.4. The molecule has 21 heavy (non-hydrogen) atoms. The number of benzene rings is 2. The predicted molar refractivity (Wildman–Crippen MR) is 74.6 cm³/mol. The second-order valence-corrected chi connectivity index (χ2v) is 4.73. The van der Waals surface area contributed by atoms with Crippen LogP contribution in [-0.2, 0) is 0 Å². The fourth-order valence-corrected chi connectivity index (χ4v) is 2.37. The molecule has 106 valence electrons. The van der Waals surface area contributed by atoms with Crippen LogP contribution in [0.15, 0.2) is 41.2 Å². The summed E-state index contributed by atoms with van der Waals surface area (Å²) >= 11 is 5.04. The van der Waals surface area contributed by atoms with Gasteiger partial charge in [0.15, 0.2) is 22.2 Å². The lowest BCUT2D eigenvalue weighted by atomic mass is 10.2. The van der Waals surface area contributed by atoms with E-state index in [2.05, 4.69) is 4.98 Å². The summed E-state index contributed by atoms with van der Waals surface area (Å²) in [5.41, 5.74) is -0.213. The van der Waals surface area contributed by atoms with Crippen molar-refractivity contribution in [3.05, 3.63) is 69.0 Å². The lowest BCUT2D eigenvalue weighted by molar-refractivity contribution is 0.446. The number of fused-ring (bicyclic) bond motifs is 1. The highest BCUT2D eigenvalue weighted by Crippen LogP contribution is 2.17. The van der Waals surface area contributed by atoms with Crippen LogP contribution >= 0.6 is 12.2 Å². The van der Waals surface area contributed by atoms with E-state index in [1.165, 1.54) is 0 Å². The van der Waals surface area contributed by atoms with E-state index in [9.17, 15) is 18.0 Å². The fraction of sp³-hybridized carbons (Fsp3) is 0. The predicted octanol–water partition coefficient (Wildman–Crippen LogP) is 3.47. The van der Waals surface area contributed by atoms with E-state index in [1.54, 1.807) is 24.3 Å². The molecule has 3 rings (SSSR count). The Morgan fingerprint density at radius 1 is 1.05 bits per heavy atom. The summed E-state index contributed by atoms with van der Waals surface area (Å²) in [7, 11) is 0. The Labute approximate surface area is 121 Å². The molecule has 3 aromatic rings. The Bertz CT molecular complexity index is 955. The van der Waals surface area contributed by atoms with Crippen LogP contribution in [0.2, 0.25) is 0 Å². The molecule has 0 bridgehead atoms. The summed E-state index contributed by atoms with van der Waals surface area (Å²) in [4.78, 5) is 15.2. The van der Waals surface area contributed by atoms with Crippen LogP contribution in [0.1, 0.15) is 0 Å². The molecule has 7 heteroatoms. The van der Waals surface area contributed by atoms with Gasteiger partial charge in [-0.15, -0.1) is 0 Å². The van der Waals surface area contributed by atoms with Crippen LogP contribution in [0.25, 0.3) is 16.6 Å². The molecular weight excluding hydrogens is 301 g/mol. The van der Waals surface area contributed by atoms with E-state index in [1.807, 2.05) is 0 Å². The first kappa shape index (κ1) is 13.6. The van der Waals surface area contributed by atoms with Crippen molar-refractivity contribution in [1.29, 1.82) is 0 Å². The van der Waals surface area contributed by atoms with Gasteiger partial charge >= 0.3 is 0 Å². The standard InChI is InChI=1S/C14H7F3N2OS/c15-9-5-7(6-10(16)12(9)17)19-13(20)8-3-1-2-4-11(8)18-14(19)21/h1-6H,(H,18,21). The van der Waals surface area contributed by atoms with Crippen molar-refractivity contribution in [1.82, 2.24) is 9.55 Å². The highest BCUT2D eigenvalue weighted by atomic mass is 32.1. The molecule has 0 saturated heterocycles. The third kappa shape index (κ3) is 2.15. The number of halogens is 3. The summed E-state index contributed by atoms with van der Waals surface area (Å²) in [5.74, 6) is -4.37. The van der Waals surface area contributed by atoms with Gasteiger partial charge in [0.2, 0.25) is 0 Å². The minimum Gasteiger partial charge on any atom is -0.331 e. The third-order valence-corrected chi connectivity index (χ3v) is 3.32. The van der Waals surface area contributed by atoms with Gasteiger partial charge in [0.25, 0.3) is 5.56 Å². The number of para-hydroxylation sites is 1. The average Bonchev–Trinajstić information content (AvgIpc) is 2.44. The van der Waals surface area contributed by atoms with Crippen molar-refractivity contribution in [2.24, 2.45) is 0 Å². The zero-order chi connectivity index (χ0) is 15.1. The molecule has 0 radical (unpaired) electrons. The van der Waals surface area contributed by atoms with Crippen molar-refractivity contribution in [3.63, 3.8) is 0 Å². The number of nitrogens with one attached hydrogen (secondary N) is 1. The normalized spacial score (nSPS) is 11.0. The fourth-order valence-electron chi connectivity index (χ4n) is 2.07. The molecule has 0 atom stereocenters. The number of aromatic amines is 1. The highest BCUT2D eigenvalue weighted by Gasteiger charge is 2.14. The Morgan fingerprint density at radius 3 is 2.33 bits per heavy atom. The van der Waals surface area contributed by atoms with Crippen molar-refractivity contribution >= 4 is 23.1 Å². The smallest absolute Gasteiger partial charge is 0.266 e. The van der Waals surface area contributed by atoms with Crippen molar-refractivity contribution in [2.75, 3.05) is 0 Å². The number of nitrogens with zero attached hydrogens (tertiary/aromatic N) is 1. The quantitative estimate of drug-likeness (QED) is 0.552. The summed E-state index contributed by atoms with van der Waals surface area (Å²) in [6.45, 7) is 0. The van der Waals surface area contributed by atoms with Crippen LogP contribution in [-0.4, -0.2) is 9.55 Å². The molecule has 0 aliphatic rings. The van der Waals surface area contributed by atoms with Crippen molar-refractivity contribution in [2.45, 2.75) is 0 Å². The van der Waals surface area contributed by atoms with Crippen LogP contribution in [0.5, 0.6) is 0 Å². The van der Waals surface area contributed by atoms with E-state index in [0.717, 1.165) is 16.7 Å². The Morgan fingerprint density at radius 2 is 1.67 bits per heavy atom. The van der Waals surface area contributed by atoms with Gasteiger partial charge in [-0.2, -0.15) is 0 Å². The van der Waals surface area contributed by atoms with Gasteiger partial charge in [-0.25, -0.2) is 13.2 Å². The maximum absolute atomic E-state index is 13.3. The van der Waals surface area contributed by atoms with Gasteiger partial charge in [0.05, 0.1) is 16.6 Å². The number of hydrogen-bond donors (Lipinski definition) is 1. The van der Waals surface area contributed by atoms with Gasteiger partial charge in [-0.05, 0) is 24.4 Å². The monoisotopic (exact) mass is 308 g/mol. The van der Waals surface area contributed by atoms with Gasteiger partial charge in [-0.1, -0.05) is 12.1 Å². The molecule has 0 unspecified atom stereocenters. The van der Waals surface area contributed by atoms with E-state index in [0.29, 0.717) is 10.9 Å². The van der Waals surface area contributed by atoms with Crippen molar-refractivity contribution in [3.8, 4) is 5.69 Å². The first-order chi connectivity index (χ1) is 9.99. The average molecular weight is 308 g/mol. The van der Waals surface area contributed by atoms with E-state index < -0.39 is 23.0 Å². The second kappa shape index (κ2) is 4.85. The topological polar surface area (TPSA) is 37.8 Å². The molecule has 0 fully saturated rings.